The van der Waals surface area contributed by atoms with E-state index in [2.05, 4.69) is 41.0 Å². The molecule has 3 aromatic rings. The van der Waals surface area contributed by atoms with E-state index in [4.69, 9.17) is 4.74 Å². The summed E-state index contributed by atoms with van der Waals surface area (Å²) >= 11 is 0. The monoisotopic (exact) mass is 374 g/mol. The third-order valence-electron chi connectivity index (χ3n) is 5.66. The standard InChI is InChI=1S/C23H22N2O3/c26-22-17-7-3-4-8-21(17)28-13-20(22)25-23(27)24-19-12-18(19)16-10-9-14-5-1-2-6-15(14)11-16/h1-11,18-20,22,26H,12-13H2,(H2,24,25,27)/t18-,19+,20?,22?/m0/s1. The van der Waals surface area contributed by atoms with E-state index in [1.807, 2.05) is 36.4 Å². The van der Waals surface area contributed by atoms with Gasteiger partial charge in [-0.3, -0.25) is 0 Å². The number of amides is 2. The zero-order valence-electron chi connectivity index (χ0n) is 15.3. The van der Waals surface area contributed by atoms with Crippen LogP contribution in [0.1, 0.15) is 29.6 Å². The van der Waals surface area contributed by atoms with Crippen molar-refractivity contribution in [3.63, 3.8) is 0 Å². The Morgan fingerprint density at radius 2 is 1.68 bits per heavy atom. The van der Waals surface area contributed by atoms with Crippen molar-refractivity contribution < 1.29 is 14.6 Å². The van der Waals surface area contributed by atoms with Gasteiger partial charge in [0.1, 0.15) is 18.5 Å². The predicted octanol–water partition coefficient (Wildman–Crippen LogP) is 3.49. The highest BCUT2D eigenvalue weighted by atomic mass is 16.5. The van der Waals surface area contributed by atoms with Gasteiger partial charge in [0.2, 0.25) is 0 Å². The van der Waals surface area contributed by atoms with Crippen molar-refractivity contribution >= 4 is 16.8 Å². The fourth-order valence-corrected chi connectivity index (χ4v) is 4.00. The number of benzene rings is 3. The molecule has 2 amide bonds. The minimum absolute atomic E-state index is 0.120. The minimum atomic E-state index is -0.772. The summed E-state index contributed by atoms with van der Waals surface area (Å²) in [5, 5.41) is 18.9. The molecule has 0 aromatic heterocycles. The molecule has 1 saturated carbocycles. The average Bonchev–Trinajstić information content (AvgIpc) is 3.49. The first-order valence-corrected chi connectivity index (χ1v) is 9.64. The number of hydrogen-bond donors (Lipinski definition) is 3. The Balaban J connectivity index is 1.20. The van der Waals surface area contributed by atoms with Gasteiger partial charge in [0.05, 0.1) is 6.04 Å². The van der Waals surface area contributed by atoms with Crippen LogP contribution >= 0.6 is 0 Å². The molecule has 1 aliphatic heterocycles. The Morgan fingerprint density at radius 1 is 0.929 bits per heavy atom. The number of rotatable bonds is 3. The molecule has 3 N–H and O–H groups in total. The van der Waals surface area contributed by atoms with Gasteiger partial charge in [-0.2, -0.15) is 0 Å². The van der Waals surface area contributed by atoms with E-state index in [9.17, 15) is 9.90 Å². The summed E-state index contributed by atoms with van der Waals surface area (Å²) in [6.07, 6.45) is 0.157. The van der Waals surface area contributed by atoms with Crippen molar-refractivity contribution in [2.75, 3.05) is 6.61 Å². The van der Waals surface area contributed by atoms with Crippen molar-refractivity contribution in [1.29, 1.82) is 0 Å². The fraction of sp³-hybridized carbons (Fsp3) is 0.261. The van der Waals surface area contributed by atoms with Crippen molar-refractivity contribution in [1.82, 2.24) is 10.6 Å². The highest BCUT2D eigenvalue weighted by Gasteiger charge is 2.40. The summed E-state index contributed by atoms with van der Waals surface area (Å²) in [5.74, 6) is 1.01. The molecule has 0 radical (unpaired) electrons. The number of para-hydroxylation sites is 1. The van der Waals surface area contributed by atoms with Gasteiger partial charge in [-0.1, -0.05) is 60.7 Å². The summed E-state index contributed by atoms with van der Waals surface area (Å²) in [5.41, 5.74) is 1.96. The van der Waals surface area contributed by atoms with Crippen molar-refractivity contribution in [2.24, 2.45) is 0 Å². The van der Waals surface area contributed by atoms with Gasteiger partial charge in [0.15, 0.2) is 0 Å². The van der Waals surface area contributed by atoms with E-state index in [0.29, 0.717) is 17.2 Å². The van der Waals surface area contributed by atoms with E-state index in [-0.39, 0.29) is 18.7 Å². The molecule has 1 aliphatic carbocycles. The molecule has 5 heteroatoms. The zero-order valence-corrected chi connectivity index (χ0v) is 15.3. The highest BCUT2D eigenvalue weighted by molar-refractivity contribution is 5.83. The molecule has 142 valence electrons. The van der Waals surface area contributed by atoms with Crippen LogP contribution in [0.25, 0.3) is 10.8 Å². The maximum Gasteiger partial charge on any atom is 0.315 e. The molecule has 4 atom stereocenters. The molecule has 0 saturated heterocycles. The normalized spacial score (nSPS) is 25.5. The van der Waals surface area contributed by atoms with E-state index >= 15 is 0 Å². The molecule has 28 heavy (non-hydrogen) atoms. The smallest absolute Gasteiger partial charge is 0.315 e. The number of carbonyl (C=O) groups excluding carboxylic acids is 1. The van der Waals surface area contributed by atoms with Crippen molar-refractivity contribution in [3.8, 4) is 5.75 Å². The lowest BCUT2D eigenvalue weighted by Gasteiger charge is -2.30. The maximum atomic E-state index is 12.4. The number of hydrogen-bond acceptors (Lipinski definition) is 3. The van der Waals surface area contributed by atoms with Crippen LogP contribution in [0, 0.1) is 0 Å². The number of carbonyl (C=O) groups is 1. The summed E-state index contributed by atoms with van der Waals surface area (Å²) in [4.78, 5) is 12.4. The van der Waals surface area contributed by atoms with Gasteiger partial charge in [0, 0.05) is 17.5 Å². The molecule has 1 heterocycles. The predicted molar refractivity (Wildman–Crippen MR) is 107 cm³/mol. The first-order chi connectivity index (χ1) is 13.7. The van der Waals surface area contributed by atoms with Gasteiger partial charge in [-0.15, -0.1) is 0 Å². The first kappa shape index (κ1) is 17.1. The molecule has 0 bridgehead atoms. The molecule has 2 unspecified atom stereocenters. The summed E-state index contributed by atoms with van der Waals surface area (Å²) in [6.45, 7) is 0.254. The van der Waals surface area contributed by atoms with Gasteiger partial charge in [-0.05, 0) is 28.8 Å². The molecule has 0 spiro atoms. The van der Waals surface area contributed by atoms with Crippen LogP contribution in [-0.4, -0.2) is 29.8 Å². The Kier molecular flexibility index (Phi) is 4.17. The number of fused-ring (bicyclic) bond motifs is 2. The molecule has 1 fully saturated rings. The lowest BCUT2D eigenvalue weighted by atomic mass is 9.99. The van der Waals surface area contributed by atoms with Crippen molar-refractivity contribution in [2.45, 2.75) is 30.5 Å². The fourth-order valence-electron chi connectivity index (χ4n) is 4.00. The minimum Gasteiger partial charge on any atom is -0.491 e. The second-order valence-electron chi connectivity index (χ2n) is 7.57. The van der Waals surface area contributed by atoms with Crippen molar-refractivity contribution in [3.05, 3.63) is 77.9 Å². The third kappa shape index (κ3) is 3.18. The van der Waals surface area contributed by atoms with E-state index in [1.54, 1.807) is 0 Å². The number of aliphatic hydroxyl groups is 1. The summed E-state index contributed by atoms with van der Waals surface area (Å²) in [7, 11) is 0. The van der Waals surface area contributed by atoms with Gasteiger partial charge in [0.25, 0.3) is 0 Å². The molecule has 2 aliphatic rings. The van der Waals surface area contributed by atoms with Crippen LogP contribution < -0.4 is 15.4 Å². The Morgan fingerprint density at radius 3 is 2.57 bits per heavy atom. The van der Waals surface area contributed by atoms with Gasteiger partial charge in [-0.25, -0.2) is 4.79 Å². The van der Waals surface area contributed by atoms with Crippen LogP contribution in [0.5, 0.6) is 5.75 Å². The zero-order chi connectivity index (χ0) is 19.1. The quantitative estimate of drug-likeness (QED) is 0.657. The molecule has 5 rings (SSSR count). The topological polar surface area (TPSA) is 70.6 Å². The lowest BCUT2D eigenvalue weighted by Crippen LogP contribution is -2.49. The molecule has 5 nitrogen and oxygen atoms in total. The SMILES string of the molecule is O=C(NC1COc2ccccc2C1O)N[C@@H]1C[C@H]1c1ccc2ccccc2c1. The largest absolute Gasteiger partial charge is 0.491 e. The Hall–Kier alpha value is -3.05. The molecule has 3 aromatic carbocycles. The molecular weight excluding hydrogens is 352 g/mol. The number of urea groups is 1. The number of nitrogens with one attached hydrogen (secondary N) is 2. The van der Waals surface area contributed by atoms with Gasteiger partial charge >= 0.3 is 6.03 Å². The second kappa shape index (κ2) is 6.84. The van der Waals surface area contributed by atoms with Crippen LogP contribution in [-0.2, 0) is 0 Å². The number of aliphatic hydroxyl groups excluding tert-OH is 1. The van der Waals surface area contributed by atoms with Crippen LogP contribution in [0.2, 0.25) is 0 Å². The lowest BCUT2D eigenvalue weighted by molar-refractivity contribution is 0.0774. The Labute approximate surface area is 163 Å². The first-order valence-electron chi connectivity index (χ1n) is 9.64. The van der Waals surface area contributed by atoms with Crippen LogP contribution in [0.4, 0.5) is 4.79 Å². The average molecular weight is 374 g/mol. The van der Waals surface area contributed by atoms with E-state index in [1.165, 1.54) is 16.3 Å². The Bertz CT molecular complexity index is 1040. The third-order valence-corrected chi connectivity index (χ3v) is 5.66. The summed E-state index contributed by atoms with van der Waals surface area (Å²) < 4.78 is 5.66. The number of ether oxygens (including phenoxy) is 1. The van der Waals surface area contributed by atoms with Crippen LogP contribution in [0.3, 0.4) is 0 Å². The second-order valence-corrected chi connectivity index (χ2v) is 7.57. The van der Waals surface area contributed by atoms with Gasteiger partial charge < -0.3 is 20.5 Å². The van der Waals surface area contributed by atoms with E-state index < -0.39 is 12.1 Å². The maximum absolute atomic E-state index is 12.4. The molecular formula is C23H22N2O3. The highest BCUT2D eigenvalue weighted by Crippen LogP contribution is 2.41. The van der Waals surface area contributed by atoms with E-state index in [0.717, 1.165) is 6.42 Å². The summed E-state index contributed by atoms with van der Waals surface area (Å²) in [6, 6.07) is 21.5. The van der Waals surface area contributed by atoms with Crippen LogP contribution in [0.15, 0.2) is 66.7 Å².